The van der Waals surface area contributed by atoms with Gasteiger partial charge in [-0.15, -0.1) is 0 Å². The highest BCUT2D eigenvalue weighted by Crippen LogP contribution is 2.14. The Hall–Kier alpha value is -2.15. The van der Waals surface area contributed by atoms with Crippen molar-refractivity contribution in [3.63, 3.8) is 0 Å². The van der Waals surface area contributed by atoms with Crippen molar-refractivity contribution in [2.75, 3.05) is 10.7 Å². The highest BCUT2D eigenvalue weighted by molar-refractivity contribution is 5.46. The summed E-state index contributed by atoms with van der Waals surface area (Å²) in [6, 6.07) is 0. The highest BCUT2D eigenvalue weighted by Gasteiger charge is 2.06. The van der Waals surface area contributed by atoms with E-state index in [9.17, 15) is 0 Å². The van der Waals surface area contributed by atoms with Crippen LogP contribution in [0.2, 0.25) is 0 Å². The van der Waals surface area contributed by atoms with Crippen LogP contribution in [-0.2, 0) is 13.6 Å². The van der Waals surface area contributed by atoms with E-state index < -0.39 is 0 Å². The zero-order valence-corrected chi connectivity index (χ0v) is 10.7. The van der Waals surface area contributed by atoms with E-state index in [0.717, 1.165) is 22.6 Å². The van der Waals surface area contributed by atoms with E-state index in [-0.39, 0.29) is 0 Å². The van der Waals surface area contributed by atoms with Gasteiger partial charge in [0.1, 0.15) is 5.82 Å². The van der Waals surface area contributed by atoms with Gasteiger partial charge in [-0.2, -0.15) is 10.1 Å². The Morgan fingerprint density at radius 2 is 2.17 bits per heavy atom. The lowest BCUT2D eigenvalue weighted by atomic mass is 10.2. The van der Waals surface area contributed by atoms with E-state index in [1.54, 1.807) is 10.9 Å². The number of hydrogen-bond acceptors (Lipinski definition) is 6. The molecule has 2 aromatic heterocycles. The molecule has 0 saturated carbocycles. The molecule has 2 heterocycles. The molecule has 0 aliphatic heterocycles. The first-order chi connectivity index (χ1) is 8.60. The summed E-state index contributed by atoms with van der Waals surface area (Å²) in [5.41, 5.74) is 5.54. The van der Waals surface area contributed by atoms with Crippen molar-refractivity contribution in [1.29, 1.82) is 0 Å². The van der Waals surface area contributed by atoms with Gasteiger partial charge in [-0.1, -0.05) is 0 Å². The molecular weight excluding hydrogens is 230 g/mol. The summed E-state index contributed by atoms with van der Waals surface area (Å²) in [6.45, 7) is 4.59. The lowest BCUT2D eigenvalue weighted by Gasteiger charge is -2.08. The van der Waals surface area contributed by atoms with Crippen molar-refractivity contribution in [1.82, 2.24) is 19.7 Å². The minimum atomic E-state index is 0.394. The fourth-order valence-electron chi connectivity index (χ4n) is 1.69. The maximum atomic E-state index is 5.29. The van der Waals surface area contributed by atoms with Crippen LogP contribution >= 0.6 is 0 Å². The first-order valence-electron chi connectivity index (χ1n) is 5.63. The normalized spacial score (nSPS) is 10.4. The number of aryl methyl sites for hydroxylation is 3. The Morgan fingerprint density at radius 1 is 1.39 bits per heavy atom. The second-order valence-electron chi connectivity index (χ2n) is 4.14. The molecular formula is C11H17N7. The third kappa shape index (κ3) is 2.57. The van der Waals surface area contributed by atoms with E-state index >= 15 is 0 Å². The topological polar surface area (TPSA) is 93.7 Å². The van der Waals surface area contributed by atoms with Crippen LogP contribution in [0.1, 0.15) is 16.8 Å². The van der Waals surface area contributed by atoms with Crippen molar-refractivity contribution in [2.45, 2.75) is 20.4 Å². The van der Waals surface area contributed by atoms with Crippen LogP contribution in [0.3, 0.4) is 0 Å². The van der Waals surface area contributed by atoms with Crippen molar-refractivity contribution in [2.24, 2.45) is 12.9 Å². The summed E-state index contributed by atoms with van der Waals surface area (Å²) in [5.74, 6) is 6.45. The smallest absolute Gasteiger partial charge is 0.239 e. The molecule has 7 heteroatoms. The van der Waals surface area contributed by atoms with Gasteiger partial charge in [0.15, 0.2) is 0 Å². The van der Waals surface area contributed by atoms with Crippen LogP contribution in [0.15, 0.2) is 12.4 Å². The van der Waals surface area contributed by atoms with Crippen LogP contribution in [0.5, 0.6) is 0 Å². The van der Waals surface area contributed by atoms with E-state index in [0.29, 0.717) is 12.5 Å². The maximum Gasteiger partial charge on any atom is 0.239 e. The maximum absolute atomic E-state index is 5.29. The predicted octanol–water partition coefficient (Wildman–Crippen LogP) is 0.725. The number of nitrogens with two attached hydrogens (primary N) is 1. The van der Waals surface area contributed by atoms with E-state index in [1.165, 1.54) is 0 Å². The Balaban J connectivity index is 2.12. The Labute approximate surface area is 105 Å². The number of hydrazine groups is 1. The Kier molecular flexibility index (Phi) is 3.42. The number of hydrogen-bond donors (Lipinski definition) is 3. The summed E-state index contributed by atoms with van der Waals surface area (Å²) < 4.78 is 1.80. The van der Waals surface area contributed by atoms with Gasteiger partial charge in [-0.3, -0.25) is 10.1 Å². The van der Waals surface area contributed by atoms with Crippen molar-refractivity contribution in [3.05, 3.63) is 29.2 Å². The van der Waals surface area contributed by atoms with Crippen molar-refractivity contribution in [3.8, 4) is 0 Å². The SMILES string of the molecule is Cc1cnc(NN)nc1NCc1cn(C)nc1C. The molecule has 96 valence electrons. The minimum Gasteiger partial charge on any atom is -0.365 e. The summed E-state index contributed by atoms with van der Waals surface area (Å²) in [6.07, 6.45) is 3.71. The van der Waals surface area contributed by atoms with Gasteiger partial charge < -0.3 is 5.32 Å². The molecule has 0 atom stereocenters. The van der Waals surface area contributed by atoms with E-state index in [2.05, 4.69) is 25.8 Å². The average Bonchev–Trinajstić information content (AvgIpc) is 2.67. The summed E-state index contributed by atoms with van der Waals surface area (Å²) in [5, 5.41) is 7.55. The first-order valence-corrected chi connectivity index (χ1v) is 5.63. The molecule has 18 heavy (non-hydrogen) atoms. The molecule has 0 aliphatic rings. The standard InChI is InChI=1S/C11H17N7/c1-7-4-14-11(16-12)15-10(7)13-5-9-6-18(3)17-8(9)2/h4,6H,5,12H2,1-3H3,(H2,13,14,15,16). The number of nitrogens with zero attached hydrogens (tertiary/aromatic N) is 4. The zero-order chi connectivity index (χ0) is 13.1. The minimum absolute atomic E-state index is 0.394. The molecule has 0 aromatic carbocycles. The molecule has 0 radical (unpaired) electrons. The fourth-order valence-corrected chi connectivity index (χ4v) is 1.69. The number of nitrogens with one attached hydrogen (secondary N) is 2. The molecule has 4 N–H and O–H groups in total. The lowest BCUT2D eigenvalue weighted by molar-refractivity contribution is 0.756. The van der Waals surface area contributed by atoms with Crippen LogP contribution in [-0.4, -0.2) is 19.7 Å². The predicted molar refractivity (Wildman–Crippen MR) is 69.9 cm³/mol. The summed E-state index contributed by atoms with van der Waals surface area (Å²) >= 11 is 0. The first kappa shape index (κ1) is 12.3. The second-order valence-corrected chi connectivity index (χ2v) is 4.14. The number of anilines is 2. The van der Waals surface area contributed by atoms with Gasteiger partial charge in [0.25, 0.3) is 0 Å². The van der Waals surface area contributed by atoms with Gasteiger partial charge in [0.05, 0.1) is 5.69 Å². The average molecular weight is 247 g/mol. The molecule has 0 fully saturated rings. The molecule has 2 rings (SSSR count). The van der Waals surface area contributed by atoms with E-state index in [4.69, 9.17) is 5.84 Å². The summed E-state index contributed by atoms with van der Waals surface area (Å²) in [4.78, 5) is 8.29. The third-order valence-electron chi connectivity index (χ3n) is 2.66. The van der Waals surface area contributed by atoms with Crippen molar-refractivity contribution < 1.29 is 0 Å². The third-order valence-corrected chi connectivity index (χ3v) is 2.66. The molecule has 7 nitrogen and oxygen atoms in total. The fraction of sp³-hybridized carbons (Fsp3) is 0.364. The molecule has 0 spiro atoms. The largest absolute Gasteiger partial charge is 0.365 e. The lowest BCUT2D eigenvalue weighted by Crippen LogP contribution is -2.12. The van der Waals surface area contributed by atoms with Gasteiger partial charge >= 0.3 is 0 Å². The molecule has 0 saturated heterocycles. The molecule has 0 bridgehead atoms. The van der Waals surface area contributed by atoms with Crippen LogP contribution in [0.4, 0.5) is 11.8 Å². The molecule has 2 aromatic rings. The quantitative estimate of drug-likeness (QED) is 0.544. The molecule has 0 aliphatic carbocycles. The highest BCUT2D eigenvalue weighted by atomic mass is 15.3. The number of rotatable bonds is 4. The summed E-state index contributed by atoms with van der Waals surface area (Å²) in [7, 11) is 1.91. The van der Waals surface area contributed by atoms with Gasteiger partial charge in [-0.05, 0) is 13.8 Å². The van der Waals surface area contributed by atoms with Crippen LogP contribution in [0, 0.1) is 13.8 Å². The van der Waals surface area contributed by atoms with Gasteiger partial charge in [-0.25, -0.2) is 10.8 Å². The van der Waals surface area contributed by atoms with Crippen LogP contribution < -0.4 is 16.6 Å². The monoisotopic (exact) mass is 247 g/mol. The molecule has 0 unspecified atom stereocenters. The van der Waals surface area contributed by atoms with Gasteiger partial charge in [0.2, 0.25) is 5.95 Å². The zero-order valence-electron chi connectivity index (χ0n) is 10.7. The van der Waals surface area contributed by atoms with Crippen LogP contribution in [0.25, 0.3) is 0 Å². The number of aromatic nitrogens is 4. The van der Waals surface area contributed by atoms with Gasteiger partial charge in [0, 0.05) is 37.1 Å². The van der Waals surface area contributed by atoms with E-state index in [1.807, 2.05) is 27.1 Å². The second kappa shape index (κ2) is 5.01. The Bertz CT molecular complexity index is 546. The van der Waals surface area contributed by atoms with Crippen molar-refractivity contribution >= 4 is 11.8 Å². The Morgan fingerprint density at radius 3 is 2.78 bits per heavy atom. The molecule has 0 amide bonds. The number of nitrogen functional groups attached to an aromatic ring is 1.